The zero-order chi connectivity index (χ0) is 23.3. The molecule has 1 unspecified atom stereocenters. The maximum atomic E-state index is 12.9. The van der Waals surface area contributed by atoms with Gasteiger partial charge in [0.2, 0.25) is 0 Å². The van der Waals surface area contributed by atoms with Crippen LogP contribution in [0.3, 0.4) is 0 Å². The zero-order valence-corrected chi connectivity index (χ0v) is 19.3. The van der Waals surface area contributed by atoms with Gasteiger partial charge in [-0.3, -0.25) is 4.79 Å². The number of hydrogen-bond acceptors (Lipinski definition) is 5. The molecule has 1 N–H and O–H groups in total. The molecule has 6 heteroatoms. The third-order valence-electron chi connectivity index (χ3n) is 6.34. The van der Waals surface area contributed by atoms with E-state index in [2.05, 4.69) is 22.0 Å². The molecule has 2 heterocycles. The van der Waals surface area contributed by atoms with Crippen LogP contribution in [0.25, 0.3) is 5.69 Å². The van der Waals surface area contributed by atoms with Crippen LogP contribution in [0.5, 0.6) is 5.75 Å². The summed E-state index contributed by atoms with van der Waals surface area (Å²) in [4.78, 5) is 19.3. The van der Waals surface area contributed by atoms with Crippen LogP contribution >= 0.6 is 0 Å². The van der Waals surface area contributed by atoms with Crippen molar-refractivity contribution in [3.8, 4) is 11.4 Å². The number of rotatable bonds is 8. The monoisotopic (exact) mass is 445 g/mol. The quantitative estimate of drug-likeness (QED) is 0.416. The highest BCUT2D eigenvalue weighted by Gasteiger charge is 2.34. The van der Waals surface area contributed by atoms with E-state index in [4.69, 9.17) is 4.74 Å². The van der Waals surface area contributed by atoms with Crippen molar-refractivity contribution < 1.29 is 14.6 Å². The summed E-state index contributed by atoms with van der Waals surface area (Å²) in [6, 6.07) is 15.7. The number of aromatic nitrogens is 2. The standard InChI is InChI=1S/C27H31N3O3/c1-21-17-30(20-28-21)24-10-9-23(15-26(24)33-2)25(32)11-14-29-13-6-12-27(18-29,19-31)16-22-7-4-3-5-8-22/h3-5,7-11,14-15,17,20,31H,6,12-13,16,18-19H2,1-2H3/b14-11+. The van der Waals surface area contributed by atoms with Crippen molar-refractivity contribution in [3.05, 3.63) is 90.2 Å². The van der Waals surface area contributed by atoms with Gasteiger partial charge < -0.3 is 19.3 Å². The molecule has 0 radical (unpaired) electrons. The fraction of sp³-hybridized carbons (Fsp3) is 0.333. The summed E-state index contributed by atoms with van der Waals surface area (Å²) in [7, 11) is 1.60. The summed E-state index contributed by atoms with van der Waals surface area (Å²) >= 11 is 0. The first kappa shape index (κ1) is 22.8. The second-order valence-electron chi connectivity index (χ2n) is 8.88. The van der Waals surface area contributed by atoms with Crippen LogP contribution in [0.4, 0.5) is 0 Å². The van der Waals surface area contributed by atoms with Crippen LogP contribution in [-0.4, -0.2) is 52.1 Å². The summed E-state index contributed by atoms with van der Waals surface area (Å²) in [5.74, 6) is 0.539. The van der Waals surface area contributed by atoms with Gasteiger partial charge in [-0.15, -0.1) is 0 Å². The Bertz CT molecular complexity index is 1120. The van der Waals surface area contributed by atoms with E-state index >= 15 is 0 Å². The second kappa shape index (κ2) is 10.0. The molecule has 0 bridgehead atoms. The molecule has 33 heavy (non-hydrogen) atoms. The predicted molar refractivity (Wildman–Crippen MR) is 129 cm³/mol. The number of carbonyl (C=O) groups is 1. The van der Waals surface area contributed by atoms with Crippen LogP contribution < -0.4 is 4.74 Å². The third-order valence-corrected chi connectivity index (χ3v) is 6.34. The number of benzene rings is 2. The molecule has 1 atom stereocenters. The van der Waals surface area contributed by atoms with E-state index in [0.29, 0.717) is 11.3 Å². The fourth-order valence-corrected chi connectivity index (χ4v) is 4.60. The molecule has 4 rings (SSSR count). The van der Waals surface area contributed by atoms with E-state index < -0.39 is 0 Å². The predicted octanol–water partition coefficient (Wildman–Crippen LogP) is 4.20. The van der Waals surface area contributed by atoms with Crippen LogP contribution in [0.15, 0.2) is 73.3 Å². The Morgan fingerprint density at radius 3 is 2.76 bits per heavy atom. The molecule has 0 saturated carbocycles. The molecule has 1 saturated heterocycles. The maximum Gasteiger partial charge on any atom is 0.187 e. The topological polar surface area (TPSA) is 67.6 Å². The fourth-order valence-electron chi connectivity index (χ4n) is 4.60. The van der Waals surface area contributed by atoms with Crippen molar-refractivity contribution in [2.75, 3.05) is 26.8 Å². The van der Waals surface area contributed by atoms with Crippen LogP contribution in [-0.2, 0) is 6.42 Å². The van der Waals surface area contributed by atoms with Gasteiger partial charge in [0.1, 0.15) is 5.75 Å². The number of carbonyl (C=O) groups excluding carboxylic acids is 1. The zero-order valence-electron chi connectivity index (χ0n) is 19.3. The van der Waals surface area contributed by atoms with E-state index in [9.17, 15) is 9.90 Å². The van der Waals surface area contributed by atoms with E-state index in [0.717, 1.165) is 43.7 Å². The van der Waals surface area contributed by atoms with Gasteiger partial charge in [-0.2, -0.15) is 0 Å². The number of likely N-dealkylation sites (tertiary alicyclic amines) is 1. The number of methoxy groups -OCH3 is 1. The van der Waals surface area contributed by atoms with Gasteiger partial charge >= 0.3 is 0 Å². The highest BCUT2D eigenvalue weighted by atomic mass is 16.5. The molecule has 1 fully saturated rings. The number of imidazole rings is 1. The first-order valence-electron chi connectivity index (χ1n) is 11.3. The molecule has 6 nitrogen and oxygen atoms in total. The largest absolute Gasteiger partial charge is 0.495 e. The molecule has 0 amide bonds. The van der Waals surface area contributed by atoms with Gasteiger partial charge in [0, 0.05) is 42.5 Å². The highest BCUT2D eigenvalue weighted by molar-refractivity contribution is 6.04. The van der Waals surface area contributed by atoms with E-state index in [1.54, 1.807) is 25.6 Å². The number of ketones is 1. The Labute approximate surface area is 195 Å². The maximum absolute atomic E-state index is 12.9. The molecule has 0 aliphatic carbocycles. The van der Waals surface area contributed by atoms with Crippen LogP contribution in [0, 0.1) is 12.3 Å². The van der Waals surface area contributed by atoms with E-state index in [1.807, 2.05) is 54.2 Å². The first-order valence-corrected chi connectivity index (χ1v) is 11.3. The van der Waals surface area contributed by atoms with Crippen molar-refractivity contribution in [1.29, 1.82) is 0 Å². The number of aliphatic hydroxyl groups is 1. The molecular formula is C27H31N3O3. The molecule has 172 valence electrons. The van der Waals surface area contributed by atoms with Crippen molar-refractivity contribution in [3.63, 3.8) is 0 Å². The Hall–Kier alpha value is -3.38. The van der Waals surface area contributed by atoms with E-state index in [-0.39, 0.29) is 17.8 Å². The molecule has 3 aromatic rings. The van der Waals surface area contributed by atoms with Crippen molar-refractivity contribution in [1.82, 2.24) is 14.5 Å². The lowest BCUT2D eigenvalue weighted by molar-refractivity contribution is 0.0520. The average molecular weight is 446 g/mol. The third kappa shape index (κ3) is 5.34. The molecule has 1 aliphatic rings. The van der Waals surface area contributed by atoms with Gasteiger partial charge in [0.25, 0.3) is 0 Å². The van der Waals surface area contributed by atoms with Crippen molar-refractivity contribution >= 4 is 5.78 Å². The minimum Gasteiger partial charge on any atom is -0.495 e. The minimum atomic E-state index is -0.194. The van der Waals surface area contributed by atoms with Gasteiger partial charge in [0.05, 0.1) is 31.4 Å². The van der Waals surface area contributed by atoms with Crippen LogP contribution in [0.1, 0.15) is 34.5 Å². The number of ether oxygens (including phenoxy) is 1. The minimum absolute atomic E-state index is 0.0788. The van der Waals surface area contributed by atoms with Gasteiger partial charge in [-0.1, -0.05) is 30.3 Å². The lowest BCUT2D eigenvalue weighted by Gasteiger charge is -2.41. The van der Waals surface area contributed by atoms with Gasteiger partial charge in [-0.05, 0) is 49.9 Å². The summed E-state index contributed by atoms with van der Waals surface area (Å²) in [5, 5.41) is 10.2. The summed E-state index contributed by atoms with van der Waals surface area (Å²) in [6.45, 7) is 3.66. The second-order valence-corrected chi connectivity index (χ2v) is 8.88. The number of allylic oxidation sites excluding steroid dienone is 1. The Balaban J connectivity index is 1.46. The summed E-state index contributed by atoms with van der Waals surface area (Å²) in [6.07, 6.45) is 9.92. The van der Waals surface area contributed by atoms with Crippen molar-refractivity contribution in [2.24, 2.45) is 5.41 Å². The highest BCUT2D eigenvalue weighted by Crippen LogP contribution is 2.33. The molecule has 2 aromatic carbocycles. The van der Waals surface area contributed by atoms with Crippen LogP contribution in [0.2, 0.25) is 0 Å². The number of piperidine rings is 1. The van der Waals surface area contributed by atoms with Gasteiger partial charge in [-0.25, -0.2) is 4.98 Å². The van der Waals surface area contributed by atoms with Gasteiger partial charge in [0.15, 0.2) is 5.78 Å². The SMILES string of the molecule is COc1cc(C(=O)/C=C/N2CCCC(CO)(Cc3ccccc3)C2)ccc1-n1cnc(C)c1. The van der Waals surface area contributed by atoms with E-state index in [1.165, 1.54) is 5.56 Å². The number of aliphatic hydroxyl groups excluding tert-OH is 1. The Kier molecular flexibility index (Phi) is 6.94. The summed E-state index contributed by atoms with van der Waals surface area (Å²) < 4.78 is 7.41. The van der Waals surface area contributed by atoms with Crippen molar-refractivity contribution in [2.45, 2.75) is 26.2 Å². The molecular weight excluding hydrogens is 414 g/mol. The molecule has 0 spiro atoms. The lowest BCUT2D eigenvalue weighted by Crippen LogP contribution is -2.44. The average Bonchev–Trinajstić information content (AvgIpc) is 3.29. The number of hydrogen-bond donors (Lipinski definition) is 1. The molecule has 1 aromatic heterocycles. The normalized spacial score (nSPS) is 18.6. The first-order chi connectivity index (χ1) is 16.0. The Morgan fingerprint density at radius 1 is 1.24 bits per heavy atom. The Morgan fingerprint density at radius 2 is 2.06 bits per heavy atom. The lowest BCUT2D eigenvalue weighted by atomic mass is 9.76. The summed E-state index contributed by atoms with van der Waals surface area (Å²) in [5.41, 5.74) is 3.35. The smallest absolute Gasteiger partial charge is 0.187 e. The molecule has 1 aliphatic heterocycles. The number of aryl methyl sites for hydroxylation is 1. The number of nitrogens with zero attached hydrogens (tertiary/aromatic N) is 3.